The van der Waals surface area contributed by atoms with E-state index in [9.17, 15) is 4.79 Å². The highest BCUT2D eigenvalue weighted by Gasteiger charge is 2.08. The minimum atomic E-state index is -0.953. The van der Waals surface area contributed by atoms with Crippen molar-refractivity contribution in [1.29, 1.82) is 0 Å². The van der Waals surface area contributed by atoms with E-state index in [2.05, 4.69) is 15.4 Å². The van der Waals surface area contributed by atoms with Crippen molar-refractivity contribution in [1.82, 2.24) is 14.8 Å². The number of aryl methyl sites for hydroxylation is 2. The molecule has 0 aliphatic rings. The quantitative estimate of drug-likeness (QED) is 0.875. The average Bonchev–Trinajstić information content (AvgIpc) is 2.67. The predicted octanol–water partition coefficient (Wildman–Crippen LogP) is 1.74. The van der Waals surface area contributed by atoms with Crippen molar-refractivity contribution >= 4 is 11.8 Å². The highest BCUT2D eigenvalue weighted by Crippen LogP contribution is 2.13. The molecule has 0 aliphatic heterocycles. The molecule has 0 unspecified atom stereocenters. The number of nitrogens with zero attached hydrogens (tertiary/aromatic N) is 3. The van der Waals surface area contributed by atoms with Crippen LogP contribution in [0.3, 0.4) is 0 Å². The van der Waals surface area contributed by atoms with E-state index in [1.807, 2.05) is 14.0 Å². The van der Waals surface area contributed by atoms with E-state index in [4.69, 9.17) is 5.11 Å². The van der Waals surface area contributed by atoms with Crippen molar-refractivity contribution < 1.29 is 9.90 Å². The van der Waals surface area contributed by atoms with Gasteiger partial charge in [-0.3, -0.25) is 4.68 Å². The Morgan fingerprint density at radius 2 is 2.16 bits per heavy atom. The summed E-state index contributed by atoms with van der Waals surface area (Å²) in [6.45, 7) is 4.32. The summed E-state index contributed by atoms with van der Waals surface area (Å²) in [6, 6.07) is 3.07. The summed E-state index contributed by atoms with van der Waals surface area (Å²) in [7, 11) is 1.88. The maximum atomic E-state index is 11.0. The van der Waals surface area contributed by atoms with Gasteiger partial charge in [0, 0.05) is 30.5 Å². The predicted molar refractivity (Wildman–Crippen MR) is 71.2 cm³/mol. The van der Waals surface area contributed by atoms with E-state index in [0.717, 1.165) is 11.3 Å². The fourth-order valence-electron chi connectivity index (χ4n) is 1.79. The molecule has 6 nitrogen and oxygen atoms in total. The van der Waals surface area contributed by atoms with Crippen molar-refractivity contribution in [3.05, 3.63) is 40.8 Å². The molecule has 0 radical (unpaired) electrons. The molecule has 2 rings (SSSR count). The standard InChI is InChI=1S/C13H16N4O2/c1-8-4-10(13(18)19)5-12(16-8)14-6-11-7-15-17(3)9(11)2/h4-5,7H,6H2,1-3H3,(H,14,16)(H,18,19). The Bertz CT molecular complexity index is 619. The van der Waals surface area contributed by atoms with Gasteiger partial charge in [0.25, 0.3) is 0 Å². The van der Waals surface area contributed by atoms with E-state index in [0.29, 0.717) is 18.1 Å². The number of hydrogen-bond acceptors (Lipinski definition) is 4. The third-order valence-corrected chi connectivity index (χ3v) is 3.00. The molecule has 0 spiro atoms. The van der Waals surface area contributed by atoms with Crippen LogP contribution in [-0.2, 0) is 13.6 Å². The average molecular weight is 260 g/mol. The number of hydrogen-bond donors (Lipinski definition) is 2. The number of rotatable bonds is 4. The summed E-state index contributed by atoms with van der Waals surface area (Å²) in [6.07, 6.45) is 1.79. The highest BCUT2D eigenvalue weighted by atomic mass is 16.4. The molecular formula is C13H16N4O2. The number of anilines is 1. The zero-order valence-corrected chi connectivity index (χ0v) is 11.1. The molecule has 100 valence electrons. The molecule has 2 heterocycles. The molecular weight excluding hydrogens is 244 g/mol. The van der Waals surface area contributed by atoms with Crippen LogP contribution in [0, 0.1) is 13.8 Å². The molecule has 0 atom stereocenters. The molecule has 2 aromatic heterocycles. The summed E-state index contributed by atoms with van der Waals surface area (Å²) >= 11 is 0. The molecule has 0 aliphatic carbocycles. The van der Waals surface area contributed by atoms with E-state index in [-0.39, 0.29) is 5.56 Å². The zero-order valence-electron chi connectivity index (χ0n) is 11.1. The fourth-order valence-corrected chi connectivity index (χ4v) is 1.79. The van der Waals surface area contributed by atoms with Gasteiger partial charge in [0.05, 0.1) is 11.8 Å². The first-order chi connectivity index (χ1) is 8.97. The summed E-state index contributed by atoms with van der Waals surface area (Å²) in [5, 5.41) is 16.3. The lowest BCUT2D eigenvalue weighted by Gasteiger charge is -2.07. The second-order valence-electron chi connectivity index (χ2n) is 4.42. The SMILES string of the molecule is Cc1cc(C(=O)O)cc(NCc2cnn(C)c2C)n1. The summed E-state index contributed by atoms with van der Waals surface area (Å²) < 4.78 is 1.80. The van der Waals surface area contributed by atoms with Crippen LogP contribution in [0.4, 0.5) is 5.82 Å². The third-order valence-electron chi connectivity index (χ3n) is 3.00. The summed E-state index contributed by atoms with van der Waals surface area (Å²) in [5.41, 5.74) is 3.03. The van der Waals surface area contributed by atoms with Crippen LogP contribution < -0.4 is 5.32 Å². The van der Waals surface area contributed by atoms with Gasteiger partial charge in [-0.15, -0.1) is 0 Å². The normalized spacial score (nSPS) is 10.5. The lowest BCUT2D eigenvalue weighted by Crippen LogP contribution is -2.06. The largest absolute Gasteiger partial charge is 0.478 e. The second-order valence-corrected chi connectivity index (χ2v) is 4.42. The first-order valence-corrected chi connectivity index (χ1v) is 5.90. The number of carbonyl (C=O) groups is 1. The Morgan fingerprint density at radius 3 is 2.74 bits per heavy atom. The number of nitrogens with one attached hydrogen (secondary N) is 1. The molecule has 0 aromatic carbocycles. The van der Waals surface area contributed by atoms with Gasteiger partial charge in [-0.1, -0.05) is 0 Å². The van der Waals surface area contributed by atoms with Crippen LogP contribution in [-0.4, -0.2) is 25.8 Å². The van der Waals surface area contributed by atoms with E-state index in [1.165, 1.54) is 6.07 Å². The van der Waals surface area contributed by atoms with Crippen LogP contribution in [0.1, 0.15) is 27.3 Å². The maximum absolute atomic E-state index is 11.0. The van der Waals surface area contributed by atoms with Gasteiger partial charge in [-0.05, 0) is 26.0 Å². The van der Waals surface area contributed by atoms with E-state index < -0.39 is 5.97 Å². The van der Waals surface area contributed by atoms with E-state index in [1.54, 1.807) is 23.9 Å². The van der Waals surface area contributed by atoms with Crippen molar-refractivity contribution in [2.24, 2.45) is 7.05 Å². The molecule has 6 heteroatoms. The lowest BCUT2D eigenvalue weighted by atomic mass is 10.2. The Balaban J connectivity index is 2.15. The Hall–Kier alpha value is -2.37. The van der Waals surface area contributed by atoms with Crippen LogP contribution in [0.15, 0.2) is 18.3 Å². The van der Waals surface area contributed by atoms with Gasteiger partial charge >= 0.3 is 5.97 Å². The van der Waals surface area contributed by atoms with Gasteiger partial charge in [0.1, 0.15) is 5.82 Å². The topological polar surface area (TPSA) is 80.0 Å². The van der Waals surface area contributed by atoms with Gasteiger partial charge in [0.2, 0.25) is 0 Å². The van der Waals surface area contributed by atoms with Crippen molar-refractivity contribution in [3.8, 4) is 0 Å². The lowest BCUT2D eigenvalue weighted by molar-refractivity contribution is 0.0696. The number of pyridine rings is 1. The summed E-state index contributed by atoms with van der Waals surface area (Å²) in [5.74, 6) is -0.397. The molecule has 0 saturated carbocycles. The molecule has 2 N–H and O–H groups in total. The first kappa shape index (κ1) is 13.1. The van der Waals surface area contributed by atoms with Crippen molar-refractivity contribution in [2.45, 2.75) is 20.4 Å². The molecule has 0 amide bonds. The monoisotopic (exact) mass is 260 g/mol. The fraction of sp³-hybridized carbons (Fsp3) is 0.308. The highest BCUT2D eigenvalue weighted by molar-refractivity contribution is 5.88. The summed E-state index contributed by atoms with van der Waals surface area (Å²) in [4.78, 5) is 15.2. The van der Waals surface area contributed by atoms with Gasteiger partial charge in [-0.25, -0.2) is 9.78 Å². The van der Waals surface area contributed by atoms with Crippen LogP contribution >= 0.6 is 0 Å². The third kappa shape index (κ3) is 2.90. The number of carboxylic acids is 1. The first-order valence-electron chi connectivity index (χ1n) is 5.90. The number of aromatic carboxylic acids is 1. The van der Waals surface area contributed by atoms with Gasteiger partial charge < -0.3 is 10.4 Å². The zero-order chi connectivity index (χ0) is 14.0. The Labute approximate surface area is 111 Å². The minimum Gasteiger partial charge on any atom is -0.478 e. The van der Waals surface area contributed by atoms with Crippen LogP contribution in [0.2, 0.25) is 0 Å². The molecule has 0 saturated heterocycles. The Kier molecular flexibility index (Phi) is 3.50. The maximum Gasteiger partial charge on any atom is 0.335 e. The minimum absolute atomic E-state index is 0.234. The Morgan fingerprint density at radius 1 is 1.42 bits per heavy atom. The van der Waals surface area contributed by atoms with Crippen LogP contribution in [0.25, 0.3) is 0 Å². The molecule has 0 fully saturated rings. The number of aromatic nitrogens is 3. The number of carboxylic acid groups (broad SMARTS) is 1. The van der Waals surface area contributed by atoms with Crippen molar-refractivity contribution in [2.75, 3.05) is 5.32 Å². The van der Waals surface area contributed by atoms with E-state index >= 15 is 0 Å². The smallest absolute Gasteiger partial charge is 0.335 e. The van der Waals surface area contributed by atoms with Crippen molar-refractivity contribution in [3.63, 3.8) is 0 Å². The molecule has 2 aromatic rings. The second kappa shape index (κ2) is 5.09. The van der Waals surface area contributed by atoms with Crippen LogP contribution in [0.5, 0.6) is 0 Å². The van der Waals surface area contributed by atoms with Gasteiger partial charge in [-0.2, -0.15) is 5.10 Å². The molecule has 0 bridgehead atoms. The van der Waals surface area contributed by atoms with Gasteiger partial charge in [0.15, 0.2) is 0 Å². The molecule has 19 heavy (non-hydrogen) atoms.